The van der Waals surface area contributed by atoms with Gasteiger partial charge in [0.25, 0.3) is 0 Å². The summed E-state index contributed by atoms with van der Waals surface area (Å²) >= 11 is 7.96. The molecule has 2 aromatic carbocycles. The highest BCUT2D eigenvalue weighted by Crippen LogP contribution is 2.32. The van der Waals surface area contributed by atoms with Crippen LogP contribution in [0.15, 0.2) is 47.8 Å². The first-order chi connectivity index (χ1) is 9.24. The number of ether oxygens (including phenoxy) is 1. The van der Waals surface area contributed by atoms with Gasteiger partial charge in [0.15, 0.2) is 0 Å². The molecule has 0 aliphatic heterocycles. The maximum absolute atomic E-state index is 6.26. The molecule has 0 N–H and O–H groups in total. The fourth-order valence-electron chi connectivity index (χ4n) is 2.08. The number of hydrogen-bond acceptors (Lipinski definition) is 2. The normalized spacial score (nSPS) is 10.8. The molecule has 1 aromatic heterocycles. The number of benzene rings is 2. The van der Waals surface area contributed by atoms with Crippen LogP contribution in [0.25, 0.3) is 10.1 Å². The maximum atomic E-state index is 6.26. The molecule has 0 radical (unpaired) electrons. The fraction of sp³-hybridized carbons (Fsp3) is 0.125. The summed E-state index contributed by atoms with van der Waals surface area (Å²) in [5.74, 6) is 0.895. The first kappa shape index (κ1) is 12.5. The van der Waals surface area contributed by atoms with Crippen molar-refractivity contribution in [2.75, 3.05) is 0 Å². The lowest BCUT2D eigenvalue weighted by Gasteiger charge is -2.06. The minimum atomic E-state index is 0.549. The molecule has 0 spiro atoms. The molecule has 1 heterocycles. The Morgan fingerprint density at radius 2 is 2.00 bits per heavy atom. The SMILES string of the molecule is Cc1cccc(OCc2csc3cccc(Cl)c23)c1. The molecule has 1 nitrogen and oxygen atoms in total. The summed E-state index contributed by atoms with van der Waals surface area (Å²) in [6, 6.07) is 14.1. The molecular formula is C16H13ClOS. The Hall–Kier alpha value is -1.51. The molecule has 0 amide bonds. The van der Waals surface area contributed by atoms with Crippen molar-refractivity contribution >= 4 is 33.0 Å². The fourth-order valence-corrected chi connectivity index (χ4v) is 3.40. The molecule has 96 valence electrons. The van der Waals surface area contributed by atoms with E-state index >= 15 is 0 Å². The Kier molecular flexibility index (Phi) is 3.45. The molecular weight excluding hydrogens is 276 g/mol. The van der Waals surface area contributed by atoms with Gasteiger partial charge < -0.3 is 4.74 Å². The molecule has 0 atom stereocenters. The van der Waals surface area contributed by atoms with Crippen LogP contribution in [0.2, 0.25) is 5.02 Å². The molecule has 0 saturated carbocycles. The van der Waals surface area contributed by atoms with Crippen LogP contribution in [-0.4, -0.2) is 0 Å². The zero-order valence-electron chi connectivity index (χ0n) is 10.5. The molecule has 3 rings (SSSR count). The van der Waals surface area contributed by atoms with E-state index in [0.717, 1.165) is 21.7 Å². The maximum Gasteiger partial charge on any atom is 0.120 e. The standard InChI is InChI=1S/C16H13ClOS/c1-11-4-2-5-13(8-11)18-9-12-10-19-15-7-3-6-14(17)16(12)15/h2-8,10H,9H2,1H3. The van der Waals surface area contributed by atoms with Crippen LogP contribution in [0.4, 0.5) is 0 Å². The van der Waals surface area contributed by atoms with Crippen molar-refractivity contribution in [2.24, 2.45) is 0 Å². The first-order valence-corrected chi connectivity index (χ1v) is 7.34. The Bertz CT molecular complexity index is 718. The zero-order valence-corrected chi connectivity index (χ0v) is 12.1. The number of rotatable bonds is 3. The van der Waals surface area contributed by atoms with Crippen LogP contribution in [0.5, 0.6) is 5.75 Å². The first-order valence-electron chi connectivity index (χ1n) is 6.08. The van der Waals surface area contributed by atoms with Gasteiger partial charge in [0.1, 0.15) is 12.4 Å². The van der Waals surface area contributed by atoms with Crippen LogP contribution in [-0.2, 0) is 6.61 Å². The zero-order chi connectivity index (χ0) is 13.2. The van der Waals surface area contributed by atoms with E-state index < -0.39 is 0 Å². The molecule has 0 bridgehead atoms. The second-order valence-electron chi connectivity index (χ2n) is 4.48. The van der Waals surface area contributed by atoms with E-state index in [2.05, 4.69) is 24.4 Å². The number of hydrogen-bond donors (Lipinski definition) is 0. The van der Waals surface area contributed by atoms with Crippen molar-refractivity contribution in [3.8, 4) is 5.75 Å². The Labute approximate surface area is 121 Å². The summed E-state index contributed by atoms with van der Waals surface area (Å²) in [5, 5.41) is 4.02. The smallest absolute Gasteiger partial charge is 0.120 e. The third kappa shape index (κ3) is 2.60. The molecule has 0 fully saturated rings. The van der Waals surface area contributed by atoms with Crippen LogP contribution < -0.4 is 4.74 Å². The summed E-state index contributed by atoms with van der Waals surface area (Å²) in [4.78, 5) is 0. The van der Waals surface area contributed by atoms with Gasteiger partial charge in [0, 0.05) is 20.7 Å². The molecule has 3 aromatic rings. The van der Waals surface area contributed by atoms with Gasteiger partial charge in [-0.15, -0.1) is 11.3 Å². The minimum absolute atomic E-state index is 0.549. The quantitative estimate of drug-likeness (QED) is 0.623. The highest BCUT2D eigenvalue weighted by atomic mass is 35.5. The summed E-state index contributed by atoms with van der Waals surface area (Å²) in [7, 11) is 0. The molecule has 0 aliphatic rings. The molecule has 3 heteroatoms. The summed E-state index contributed by atoms with van der Waals surface area (Å²) < 4.78 is 7.05. The Morgan fingerprint density at radius 1 is 1.16 bits per heavy atom. The molecule has 0 saturated heterocycles. The van der Waals surface area contributed by atoms with Gasteiger partial charge in [-0.25, -0.2) is 0 Å². The highest BCUT2D eigenvalue weighted by molar-refractivity contribution is 7.17. The van der Waals surface area contributed by atoms with E-state index in [1.807, 2.05) is 30.3 Å². The third-order valence-electron chi connectivity index (χ3n) is 3.01. The lowest BCUT2D eigenvalue weighted by molar-refractivity contribution is 0.308. The monoisotopic (exact) mass is 288 g/mol. The Balaban J connectivity index is 1.86. The summed E-state index contributed by atoms with van der Waals surface area (Å²) in [5.41, 5.74) is 2.35. The van der Waals surface area contributed by atoms with Gasteiger partial charge in [-0.05, 0) is 42.1 Å². The van der Waals surface area contributed by atoms with Crippen LogP contribution >= 0.6 is 22.9 Å². The van der Waals surface area contributed by atoms with E-state index in [1.165, 1.54) is 10.3 Å². The van der Waals surface area contributed by atoms with Crippen molar-refractivity contribution in [1.29, 1.82) is 0 Å². The van der Waals surface area contributed by atoms with E-state index in [0.29, 0.717) is 6.61 Å². The van der Waals surface area contributed by atoms with Gasteiger partial charge in [-0.2, -0.15) is 0 Å². The van der Waals surface area contributed by atoms with Gasteiger partial charge in [-0.3, -0.25) is 0 Å². The van der Waals surface area contributed by atoms with E-state index in [9.17, 15) is 0 Å². The van der Waals surface area contributed by atoms with Crippen LogP contribution in [0, 0.1) is 6.92 Å². The highest BCUT2D eigenvalue weighted by Gasteiger charge is 2.08. The molecule has 0 aliphatic carbocycles. The number of aryl methyl sites for hydroxylation is 1. The van der Waals surface area contributed by atoms with Crippen molar-refractivity contribution < 1.29 is 4.74 Å². The topological polar surface area (TPSA) is 9.23 Å². The lowest BCUT2D eigenvalue weighted by Crippen LogP contribution is -1.94. The second kappa shape index (κ2) is 5.24. The predicted molar refractivity (Wildman–Crippen MR) is 82.3 cm³/mol. The van der Waals surface area contributed by atoms with E-state index in [-0.39, 0.29) is 0 Å². The number of halogens is 1. The molecule has 0 unspecified atom stereocenters. The Morgan fingerprint density at radius 3 is 2.84 bits per heavy atom. The number of thiophene rings is 1. The van der Waals surface area contributed by atoms with Gasteiger partial charge in [0.05, 0.1) is 0 Å². The van der Waals surface area contributed by atoms with Crippen LogP contribution in [0.3, 0.4) is 0 Å². The van der Waals surface area contributed by atoms with Crippen molar-refractivity contribution in [2.45, 2.75) is 13.5 Å². The van der Waals surface area contributed by atoms with Gasteiger partial charge in [-0.1, -0.05) is 29.8 Å². The average Bonchev–Trinajstić information content (AvgIpc) is 2.81. The van der Waals surface area contributed by atoms with E-state index in [1.54, 1.807) is 11.3 Å². The average molecular weight is 289 g/mol. The third-order valence-corrected chi connectivity index (χ3v) is 4.32. The van der Waals surface area contributed by atoms with Gasteiger partial charge >= 0.3 is 0 Å². The second-order valence-corrected chi connectivity index (χ2v) is 5.80. The van der Waals surface area contributed by atoms with Crippen molar-refractivity contribution in [1.82, 2.24) is 0 Å². The van der Waals surface area contributed by atoms with E-state index in [4.69, 9.17) is 16.3 Å². The van der Waals surface area contributed by atoms with Crippen molar-refractivity contribution in [3.05, 3.63) is 64.0 Å². The van der Waals surface area contributed by atoms with Crippen molar-refractivity contribution in [3.63, 3.8) is 0 Å². The predicted octanol–water partition coefficient (Wildman–Crippen LogP) is 5.44. The lowest BCUT2D eigenvalue weighted by atomic mass is 10.2. The summed E-state index contributed by atoms with van der Waals surface area (Å²) in [6.45, 7) is 2.61. The van der Waals surface area contributed by atoms with Gasteiger partial charge in [0.2, 0.25) is 0 Å². The largest absolute Gasteiger partial charge is 0.489 e. The molecule has 19 heavy (non-hydrogen) atoms. The number of fused-ring (bicyclic) bond motifs is 1. The van der Waals surface area contributed by atoms with Crippen LogP contribution in [0.1, 0.15) is 11.1 Å². The summed E-state index contributed by atoms with van der Waals surface area (Å²) in [6.07, 6.45) is 0. The minimum Gasteiger partial charge on any atom is -0.489 e.